The summed E-state index contributed by atoms with van der Waals surface area (Å²) in [6.07, 6.45) is 1.13. The van der Waals surface area contributed by atoms with Crippen LogP contribution in [0.3, 0.4) is 0 Å². The minimum atomic E-state index is -0.725. The van der Waals surface area contributed by atoms with Gasteiger partial charge in [0.2, 0.25) is 0 Å². The van der Waals surface area contributed by atoms with Crippen molar-refractivity contribution in [2.45, 2.75) is 24.8 Å². The van der Waals surface area contributed by atoms with Gasteiger partial charge in [0.15, 0.2) is 0 Å². The summed E-state index contributed by atoms with van der Waals surface area (Å²) in [4.78, 5) is 22.9. The lowest BCUT2D eigenvalue weighted by Crippen LogP contribution is -2.43. The second-order valence-corrected chi connectivity index (χ2v) is 5.15. The molecule has 108 valence electrons. The highest BCUT2D eigenvalue weighted by Crippen LogP contribution is 2.26. The van der Waals surface area contributed by atoms with Crippen molar-refractivity contribution >= 4 is 17.4 Å². The van der Waals surface area contributed by atoms with Crippen molar-refractivity contribution in [3.8, 4) is 0 Å². The third-order valence-electron chi connectivity index (χ3n) is 3.56. The summed E-state index contributed by atoms with van der Waals surface area (Å²) in [6.45, 7) is -0.138. The number of amides is 1. The number of anilines is 1. The van der Waals surface area contributed by atoms with Crippen LogP contribution in [-0.4, -0.2) is 40.7 Å². The second kappa shape index (κ2) is 5.70. The smallest absolute Gasteiger partial charge is 0.296 e. The molecule has 0 atom stereocenters. The van der Waals surface area contributed by atoms with Crippen LogP contribution in [0.2, 0.25) is 0 Å². The van der Waals surface area contributed by atoms with E-state index in [1.807, 2.05) is 0 Å². The van der Waals surface area contributed by atoms with E-state index in [0.717, 1.165) is 5.56 Å². The number of aliphatic hydroxyl groups is 2. The van der Waals surface area contributed by atoms with E-state index in [2.05, 4.69) is 5.32 Å². The SMILES string of the molecule is NC(CCO)(CCO)Cc1ccc2c(c1)C(=O)C(=O)N2. The molecule has 1 amide bonds. The predicted molar refractivity (Wildman–Crippen MR) is 73.4 cm³/mol. The van der Waals surface area contributed by atoms with E-state index < -0.39 is 17.2 Å². The second-order valence-electron chi connectivity index (χ2n) is 5.15. The lowest BCUT2D eigenvalue weighted by Gasteiger charge is -2.28. The molecule has 0 saturated heterocycles. The third-order valence-corrected chi connectivity index (χ3v) is 3.56. The van der Waals surface area contributed by atoms with Crippen molar-refractivity contribution in [1.82, 2.24) is 0 Å². The Morgan fingerprint density at radius 2 is 1.80 bits per heavy atom. The zero-order valence-corrected chi connectivity index (χ0v) is 11.1. The number of Topliss-reactive ketones (excluding diaryl/α,β-unsaturated/α-hetero) is 1. The molecule has 1 heterocycles. The van der Waals surface area contributed by atoms with Gasteiger partial charge in [0, 0.05) is 18.8 Å². The summed E-state index contributed by atoms with van der Waals surface area (Å²) in [5.74, 6) is -1.17. The van der Waals surface area contributed by atoms with Gasteiger partial charge in [0.1, 0.15) is 0 Å². The third kappa shape index (κ3) is 2.87. The molecule has 1 aromatic carbocycles. The van der Waals surface area contributed by atoms with E-state index in [1.54, 1.807) is 18.2 Å². The van der Waals surface area contributed by atoms with Gasteiger partial charge < -0.3 is 21.3 Å². The molecule has 20 heavy (non-hydrogen) atoms. The van der Waals surface area contributed by atoms with Crippen LogP contribution in [0.1, 0.15) is 28.8 Å². The Kier molecular flexibility index (Phi) is 4.17. The largest absolute Gasteiger partial charge is 0.396 e. The zero-order valence-electron chi connectivity index (χ0n) is 11.1. The molecular weight excluding hydrogens is 260 g/mol. The molecule has 6 nitrogen and oxygen atoms in total. The molecule has 1 aliphatic heterocycles. The van der Waals surface area contributed by atoms with Crippen molar-refractivity contribution in [3.63, 3.8) is 0 Å². The summed E-state index contributed by atoms with van der Waals surface area (Å²) in [6, 6.07) is 5.10. The predicted octanol–water partition coefficient (Wildman–Crippen LogP) is -0.174. The fraction of sp³-hybridized carbons (Fsp3) is 0.429. The highest BCUT2D eigenvalue weighted by molar-refractivity contribution is 6.51. The van der Waals surface area contributed by atoms with Crippen molar-refractivity contribution < 1.29 is 19.8 Å². The maximum Gasteiger partial charge on any atom is 0.296 e. The Morgan fingerprint density at radius 1 is 1.15 bits per heavy atom. The molecule has 0 unspecified atom stereocenters. The number of hydrogen-bond donors (Lipinski definition) is 4. The van der Waals surface area contributed by atoms with Gasteiger partial charge in [-0.25, -0.2) is 0 Å². The molecule has 1 aliphatic rings. The molecule has 0 aromatic heterocycles. The molecular formula is C14H18N2O4. The Hall–Kier alpha value is -1.76. The minimum Gasteiger partial charge on any atom is -0.396 e. The lowest BCUT2D eigenvalue weighted by molar-refractivity contribution is -0.112. The minimum absolute atomic E-state index is 0.0690. The van der Waals surface area contributed by atoms with Gasteiger partial charge in [-0.2, -0.15) is 0 Å². The number of ketones is 1. The van der Waals surface area contributed by atoms with Crippen LogP contribution in [-0.2, 0) is 11.2 Å². The summed E-state index contributed by atoms with van der Waals surface area (Å²) in [7, 11) is 0. The first-order chi connectivity index (χ1) is 9.49. The van der Waals surface area contributed by atoms with Gasteiger partial charge in [0.25, 0.3) is 11.7 Å². The quantitative estimate of drug-likeness (QED) is 0.539. The lowest BCUT2D eigenvalue weighted by atomic mass is 9.85. The van der Waals surface area contributed by atoms with Gasteiger partial charge in [-0.3, -0.25) is 9.59 Å². The Bertz CT molecular complexity index is 536. The molecule has 0 radical (unpaired) electrons. The van der Waals surface area contributed by atoms with Gasteiger partial charge >= 0.3 is 0 Å². The summed E-state index contributed by atoms with van der Waals surface area (Å²) in [5.41, 5.74) is 7.11. The normalized spacial score (nSPS) is 14.3. The zero-order chi connectivity index (χ0) is 14.8. The van der Waals surface area contributed by atoms with E-state index in [1.165, 1.54) is 0 Å². The van der Waals surface area contributed by atoms with Crippen LogP contribution in [0.4, 0.5) is 5.69 Å². The highest BCUT2D eigenvalue weighted by Gasteiger charge is 2.29. The molecule has 1 aromatic rings. The first kappa shape index (κ1) is 14.6. The Labute approximate surface area is 116 Å². The fourth-order valence-corrected chi connectivity index (χ4v) is 2.45. The fourth-order valence-electron chi connectivity index (χ4n) is 2.45. The van der Waals surface area contributed by atoms with Crippen LogP contribution in [0.25, 0.3) is 0 Å². The number of nitrogens with two attached hydrogens (primary N) is 1. The topological polar surface area (TPSA) is 113 Å². The van der Waals surface area contributed by atoms with E-state index >= 15 is 0 Å². The van der Waals surface area contributed by atoms with Gasteiger partial charge in [0.05, 0.1) is 11.3 Å². The molecule has 2 rings (SSSR count). The van der Waals surface area contributed by atoms with E-state index in [9.17, 15) is 9.59 Å². The number of fused-ring (bicyclic) bond motifs is 1. The van der Waals surface area contributed by atoms with E-state index in [0.29, 0.717) is 30.5 Å². The van der Waals surface area contributed by atoms with Crippen LogP contribution in [0.15, 0.2) is 18.2 Å². The number of nitrogens with one attached hydrogen (secondary N) is 1. The number of carbonyl (C=O) groups excluding carboxylic acids is 2. The summed E-state index contributed by atoms with van der Waals surface area (Å²) in [5, 5.41) is 20.6. The first-order valence-corrected chi connectivity index (χ1v) is 6.48. The van der Waals surface area contributed by atoms with Crippen LogP contribution in [0, 0.1) is 0 Å². The highest BCUT2D eigenvalue weighted by atomic mass is 16.3. The molecule has 0 fully saturated rings. The molecule has 0 aliphatic carbocycles. The molecule has 0 spiro atoms. The van der Waals surface area contributed by atoms with Crippen LogP contribution in [0.5, 0.6) is 0 Å². The molecule has 5 N–H and O–H groups in total. The van der Waals surface area contributed by atoms with E-state index in [4.69, 9.17) is 15.9 Å². The first-order valence-electron chi connectivity index (χ1n) is 6.48. The molecule has 0 saturated carbocycles. The number of benzene rings is 1. The standard InChI is InChI=1S/C14H18N2O4/c15-14(3-5-17,4-6-18)8-9-1-2-11-10(7-9)12(19)13(20)16-11/h1-2,7,17-18H,3-6,8,15H2,(H,16,19,20). The number of carbonyl (C=O) groups is 2. The monoisotopic (exact) mass is 278 g/mol. The van der Waals surface area contributed by atoms with E-state index in [-0.39, 0.29) is 13.2 Å². The number of aliphatic hydroxyl groups excluding tert-OH is 2. The Balaban J connectivity index is 2.22. The van der Waals surface area contributed by atoms with Crippen LogP contribution >= 0.6 is 0 Å². The average Bonchev–Trinajstić information content (AvgIpc) is 2.66. The average molecular weight is 278 g/mol. The summed E-state index contributed by atoms with van der Waals surface area (Å²) < 4.78 is 0. The van der Waals surface area contributed by atoms with Gasteiger partial charge in [-0.1, -0.05) is 6.07 Å². The maximum absolute atomic E-state index is 11.6. The van der Waals surface area contributed by atoms with Crippen molar-refractivity contribution in [1.29, 1.82) is 0 Å². The van der Waals surface area contributed by atoms with Crippen molar-refractivity contribution in [3.05, 3.63) is 29.3 Å². The summed E-state index contributed by atoms with van der Waals surface area (Å²) >= 11 is 0. The molecule has 6 heteroatoms. The van der Waals surface area contributed by atoms with Crippen molar-refractivity contribution in [2.75, 3.05) is 18.5 Å². The van der Waals surface area contributed by atoms with Crippen LogP contribution < -0.4 is 11.1 Å². The number of hydrogen-bond acceptors (Lipinski definition) is 5. The molecule has 0 bridgehead atoms. The maximum atomic E-state index is 11.6. The van der Waals surface area contributed by atoms with Gasteiger partial charge in [-0.05, 0) is 37.0 Å². The Morgan fingerprint density at radius 3 is 2.40 bits per heavy atom. The number of rotatable bonds is 6. The van der Waals surface area contributed by atoms with Gasteiger partial charge in [-0.15, -0.1) is 0 Å². The van der Waals surface area contributed by atoms with Crippen molar-refractivity contribution in [2.24, 2.45) is 5.73 Å².